The van der Waals surface area contributed by atoms with Gasteiger partial charge in [-0.3, -0.25) is 4.79 Å². The fourth-order valence-corrected chi connectivity index (χ4v) is 1.06. The first-order valence-corrected chi connectivity index (χ1v) is 4.54. The van der Waals surface area contributed by atoms with Crippen molar-refractivity contribution >= 4 is 5.97 Å². The lowest BCUT2D eigenvalue weighted by Crippen LogP contribution is -2.28. The molecular weight excluding hydrogens is 198 g/mol. The smallest absolute Gasteiger partial charge is 0.306 e. The number of aliphatic hydroxyl groups is 1. The molecule has 0 fully saturated rings. The van der Waals surface area contributed by atoms with Gasteiger partial charge in [-0.25, -0.2) is 9.97 Å². The Balaban J connectivity index is 2.19. The second-order valence-corrected chi connectivity index (χ2v) is 3.08. The summed E-state index contributed by atoms with van der Waals surface area (Å²) < 4.78 is 0. The molecule has 6 nitrogen and oxygen atoms in total. The molecule has 0 saturated carbocycles. The first-order valence-electron chi connectivity index (χ1n) is 4.54. The third-order valence-electron chi connectivity index (χ3n) is 1.74. The van der Waals surface area contributed by atoms with E-state index in [2.05, 4.69) is 15.3 Å². The SMILES string of the molecule is O=C(O)CC(O)CNCc1ccncn1. The minimum absolute atomic E-state index is 0.232. The third kappa shape index (κ3) is 5.04. The van der Waals surface area contributed by atoms with Crippen LogP contribution in [0.25, 0.3) is 0 Å². The maximum atomic E-state index is 10.2. The quantitative estimate of drug-likeness (QED) is 0.581. The molecule has 0 spiro atoms. The number of rotatable bonds is 6. The van der Waals surface area contributed by atoms with Crippen LogP contribution in [0, 0.1) is 0 Å². The molecule has 0 radical (unpaired) electrons. The molecule has 1 aromatic heterocycles. The molecule has 1 unspecified atom stereocenters. The van der Waals surface area contributed by atoms with Crippen LogP contribution >= 0.6 is 0 Å². The molecule has 3 N–H and O–H groups in total. The summed E-state index contributed by atoms with van der Waals surface area (Å²) >= 11 is 0. The largest absolute Gasteiger partial charge is 0.481 e. The topological polar surface area (TPSA) is 95.3 Å². The van der Waals surface area contributed by atoms with Gasteiger partial charge in [-0.05, 0) is 6.07 Å². The minimum Gasteiger partial charge on any atom is -0.481 e. The Labute approximate surface area is 87.0 Å². The predicted octanol–water partition coefficient (Wildman–Crippen LogP) is -0.598. The summed E-state index contributed by atoms with van der Waals surface area (Å²) in [7, 11) is 0. The summed E-state index contributed by atoms with van der Waals surface area (Å²) in [6, 6.07) is 1.75. The lowest BCUT2D eigenvalue weighted by molar-refractivity contribution is -0.139. The molecule has 0 aliphatic carbocycles. The molecule has 0 amide bonds. The van der Waals surface area contributed by atoms with E-state index in [9.17, 15) is 9.90 Å². The molecule has 0 aromatic carbocycles. The lowest BCUT2D eigenvalue weighted by Gasteiger charge is -2.08. The zero-order valence-electron chi connectivity index (χ0n) is 8.13. The molecule has 82 valence electrons. The minimum atomic E-state index is -1.01. The van der Waals surface area contributed by atoms with E-state index in [4.69, 9.17) is 5.11 Å². The molecule has 0 aliphatic rings. The zero-order chi connectivity index (χ0) is 11.1. The molecule has 1 heterocycles. The van der Waals surface area contributed by atoms with Crippen LogP contribution in [0.1, 0.15) is 12.1 Å². The Morgan fingerprint density at radius 2 is 2.40 bits per heavy atom. The number of hydrogen-bond acceptors (Lipinski definition) is 5. The predicted molar refractivity (Wildman–Crippen MR) is 52.0 cm³/mol. The van der Waals surface area contributed by atoms with Crippen molar-refractivity contribution in [3.63, 3.8) is 0 Å². The van der Waals surface area contributed by atoms with E-state index in [1.54, 1.807) is 12.3 Å². The van der Waals surface area contributed by atoms with Crippen molar-refractivity contribution in [3.8, 4) is 0 Å². The van der Waals surface area contributed by atoms with E-state index in [-0.39, 0.29) is 13.0 Å². The molecular formula is C9H13N3O3. The van der Waals surface area contributed by atoms with Crippen molar-refractivity contribution in [2.75, 3.05) is 6.54 Å². The van der Waals surface area contributed by atoms with Gasteiger partial charge in [0, 0.05) is 19.3 Å². The fourth-order valence-electron chi connectivity index (χ4n) is 1.06. The molecule has 0 aliphatic heterocycles. The molecule has 1 aromatic rings. The number of hydrogen-bond donors (Lipinski definition) is 3. The standard InChI is InChI=1S/C9H13N3O3/c13-8(3-9(14)15)5-11-4-7-1-2-10-6-12-7/h1-2,6,8,11,13H,3-5H2,(H,14,15). The molecule has 0 saturated heterocycles. The van der Waals surface area contributed by atoms with E-state index < -0.39 is 12.1 Å². The highest BCUT2D eigenvalue weighted by atomic mass is 16.4. The highest BCUT2D eigenvalue weighted by Crippen LogP contribution is 1.92. The summed E-state index contributed by atoms with van der Waals surface area (Å²) in [5.74, 6) is -1.01. The van der Waals surface area contributed by atoms with Crippen LogP contribution in [0.4, 0.5) is 0 Å². The van der Waals surface area contributed by atoms with Gasteiger partial charge < -0.3 is 15.5 Å². The highest BCUT2D eigenvalue weighted by Gasteiger charge is 2.08. The van der Waals surface area contributed by atoms with Gasteiger partial charge in [-0.1, -0.05) is 0 Å². The summed E-state index contributed by atoms with van der Waals surface area (Å²) in [6.07, 6.45) is 1.93. The lowest BCUT2D eigenvalue weighted by atomic mass is 10.2. The first-order chi connectivity index (χ1) is 7.18. The van der Waals surface area contributed by atoms with Crippen molar-refractivity contribution in [2.24, 2.45) is 0 Å². The van der Waals surface area contributed by atoms with E-state index in [0.717, 1.165) is 5.69 Å². The van der Waals surface area contributed by atoms with Crippen molar-refractivity contribution in [1.82, 2.24) is 15.3 Å². The van der Waals surface area contributed by atoms with Crippen LogP contribution in [0.2, 0.25) is 0 Å². The molecule has 1 atom stereocenters. The monoisotopic (exact) mass is 211 g/mol. The second kappa shape index (κ2) is 6.05. The molecule has 0 bridgehead atoms. The average molecular weight is 211 g/mol. The van der Waals surface area contributed by atoms with Crippen LogP contribution in [-0.4, -0.2) is 38.8 Å². The van der Waals surface area contributed by atoms with Crippen LogP contribution in [0.15, 0.2) is 18.6 Å². The van der Waals surface area contributed by atoms with Gasteiger partial charge in [0.2, 0.25) is 0 Å². The van der Waals surface area contributed by atoms with Gasteiger partial charge in [0.15, 0.2) is 0 Å². The molecule has 1 rings (SSSR count). The molecule has 15 heavy (non-hydrogen) atoms. The normalized spacial score (nSPS) is 12.3. The Morgan fingerprint density at radius 3 is 3.00 bits per heavy atom. The summed E-state index contributed by atoms with van der Waals surface area (Å²) in [5, 5.41) is 20.5. The van der Waals surface area contributed by atoms with Crippen LogP contribution in [-0.2, 0) is 11.3 Å². The highest BCUT2D eigenvalue weighted by molar-refractivity contribution is 5.67. The number of nitrogens with zero attached hydrogens (tertiary/aromatic N) is 2. The fraction of sp³-hybridized carbons (Fsp3) is 0.444. The van der Waals surface area contributed by atoms with Crippen LogP contribution < -0.4 is 5.32 Å². The number of carboxylic acids is 1. The van der Waals surface area contributed by atoms with Crippen LogP contribution in [0.5, 0.6) is 0 Å². The summed E-state index contributed by atoms with van der Waals surface area (Å²) in [5.41, 5.74) is 0.799. The Hall–Kier alpha value is -1.53. The number of carboxylic acid groups (broad SMARTS) is 1. The van der Waals surface area contributed by atoms with Crippen molar-refractivity contribution in [2.45, 2.75) is 19.1 Å². The van der Waals surface area contributed by atoms with Crippen molar-refractivity contribution in [3.05, 3.63) is 24.3 Å². The third-order valence-corrected chi connectivity index (χ3v) is 1.74. The van der Waals surface area contributed by atoms with E-state index >= 15 is 0 Å². The number of nitrogens with one attached hydrogen (secondary N) is 1. The number of aliphatic hydroxyl groups excluding tert-OH is 1. The summed E-state index contributed by atoms with van der Waals surface area (Å²) in [4.78, 5) is 18.0. The average Bonchev–Trinajstić information content (AvgIpc) is 2.18. The van der Waals surface area contributed by atoms with Gasteiger partial charge in [0.05, 0.1) is 18.2 Å². The number of carbonyl (C=O) groups is 1. The Kier molecular flexibility index (Phi) is 4.65. The van der Waals surface area contributed by atoms with Gasteiger partial charge in [-0.2, -0.15) is 0 Å². The van der Waals surface area contributed by atoms with Crippen LogP contribution in [0.3, 0.4) is 0 Å². The first kappa shape index (κ1) is 11.5. The van der Waals surface area contributed by atoms with E-state index in [1.165, 1.54) is 6.33 Å². The Bertz CT molecular complexity index is 305. The zero-order valence-corrected chi connectivity index (χ0v) is 8.13. The van der Waals surface area contributed by atoms with E-state index in [1.807, 2.05) is 0 Å². The van der Waals surface area contributed by atoms with Gasteiger partial charge in [-0.15, -0.1) is 0 Å². The van der Waals surface area contributed by atoms with Gasteiger partial charge >= 0.3 is 5.97 Å². The van der Waals surface area contributed by atoms with Gasteiger partial charge in [0.25, 0.3) is 0 Å². The van der Waals surface area contributed by atoms with Crippen molar-refractivity contribution < 1.29 is 15.0 Å². The maximum Gasteiger partial charge on any atom is 0.306 e. The van der Waals surface area contributed by atoms with E-state index in [0.29, 0.717) is 6.54 Å². The molecule has 6 heteroatoms. The van der Waals surface area contributed by atoms with Gasteiger partial charge in [0.1, 0.15) is 6.33 Å². The second-order valence-electron chi connectivity index (χ2n) is 3.08. The summed E-state index contributed by atoms with van der Waals surface area (Å²) in [6.45, 7) is 0.718. The maximum absolute atomic E-state index is 10.2. The van der Waals surface area contributed by atoms with Crippen molar-refractivity contribution in [1.29, 1.82) is 0 Å². The number of aliphatic carboxylic acids is 1. The number of aromatic nitrogens is 2. The Morgan fingerprint density at radius 1 is 1.60 bits per heavy atom.